The van der Waals surface area contributed by atoms with Crippen molar-refractivity contribution in [2.24, 2.45) is 0 Å². The molecule has 90 valence electrons. The molecule has 0 spiro atoms. The summed E-state index contributed by atoms with van der Waals surface area (Å²) in [6.07, 6.45) is 2.04. The van der Waals surface area contributed by atoms with Crippen LogP contribution in [0.25, 0.3) is 0 Å². The minimum atomic E-state index is -0.664. The van der Waals surface area contributed by atoms with Gasteiger partial charge in [-0.25, -0.2) is 0 Å². The molecule has 3 nitrogen and oxygen atoms in total. The van der Waals surface area contributed by atoms with Gasteiger partial charge in [0.25, 0.3) is 0 Å². The largest absolute Gasteiger partial charge is 0.389 e. The molecule has 2 atom stereocenters. The summed E-state index contributed by atoms with van der Waals surface area (Å²) in [5.41, 5.74) is -0.697. The number of nitrogens with one attached hydrogen (secondary N) is 1. The van der Waals surface area contributed by atoms with Gasteiger partial charge in [-0.3, -0.25) is 0 Å². The highest BCUT2D eigenvalue weighted by atomic mass is 16.5. The summed E-state index contributed by atoms with van der Waals surface area (Å²) in [6.45, 7) is 10.8. The predicted molar refractivity (Wildman–Crippen MR) is 61.9 cm³/mol. The first-order valence-corrected chi connectivity index (χ1v) is 5.83. The summed E-state index contributed by atoms with van der Waals surface area (Å²) in [4.78, 5) is 0. The van der Waals surface area contributed by atoms with E-state index in [1.807, 2.05) is 20.8 Å². The topological polar surface area (TPSA) is 41.5 Å². The molecule has 1 heterocycles. The lowest BCUT2D eigenvalue weighted by Crippen LogP contribution is -2.52. The van der Waals surface area contributed by atoms with Crippen LogP contribution < -0.4 is 5.32 Å². The van der Waals surface area contributed by atoms with Crippen molar-refractivity contribution in [1.29, 1.82) is 0 Å². The van der Waals surface area contributed by atoms with Crippen LogP contribution >= 0.6 is 0 Å². The third kappa shape index (κ3) is 4.09. The first-order chi connectivity index (χ1) is 6.71. The molecule has 0 saturated carbocycles. The maximum Gasteiger partial charge on any atom is 0.0741 e. The fourth-order valence-corrected chi connectivity index (χ4v) is 1.93. The SMILES string of the molecule is CC(NC1CCOC(C)(C)C1)C(C)(C)O. The highest BCUT2D eigenvalue weighted by molar-refractivity contribution is 4.88. The van der Waals surface area contributed by atoms with Crippen LogP contribution in [0, 0.1) is 0 Å². The summed E-state index contributed by atoms with van der Waals surface area (Å²) in [5.74, 6) is 0. The van der Waals surface area contributed by atoms with Gasteiger partial charge in [0.2, 0.25) is 0 Å². The maximum absolute atomic E-state index is 9.85. The number of hydrogen-bond acceptors (Lipinski definition) is 3. The van der Waals surface area contributed by atoms with Crippen molar-refractivity contribution in [1.82, 2.24) is 5.32 Å². The van der Waals surface area contributed by atoms with Gasteiger partial charge < -0.3 is 15.2 Å². The summed E-state index contributed by atoms with van der Waals surface area (Å²) in [5, 5.41) is 13.3. The molecule has 1 rings (SSSR count). The highest BCUT2D eigenvalue weighted by Gasteiger charge is 2.31. The van der Waals surface area contributed by atoms with Gasteiger partial charge in [-0.2, -0.15) is 0 Å². The van der Waals surface area contributed by atoms with Gasteiger partial charge in [-0.05, 0) is 47.5 Å². The van der Waals surface area contributed by atoms with Gasteiger partial charge >= 0.3 is 0 Å². The smallest absolute Gasteiger partial charge is 0.0741 e. The van der Waals surface area contributed by atoms with E-state index in [0.29, 0.717) is 6.04 Å². The summed E-state index contributed by atoms with van der Waals surface area (Å²) < 4.78 is 5.66. The van der Waals surface area contributed by atoms with E-state index in [9.17, 15) is 5.11 Å². The summed E-state index contributed by atoms with van der Waals surface area (Å²) in [6, 6.07) is 0.562. The molecule has 0 amide bonds. The lowest BCUT2D eigenvalue weighted by molar-refractivity contribution is -0.0687. The zero-order valence-electron chi connectivity index (χ0n) is 10.6. The molecular weight excluding hydrogens is 190 g/mol. The van der Waals surface area contributed by atoms with Crippen LogP contribution in [0.5, 0.6) is 0 Å². The number of ether oxygens (including phenoxy) is 1. The second kappa shape index (κ2) is 4.40. The zero-order chi connectivity index (χ0) is 11.7. The van der Waals surface area contributed by atoms with E-state index < -0.39 is 5.60 Å². The monoisotopic (exact) mass is 215 g/mol. The van der Waals surface area contributed by atoms with E-state index >= 15 is 0 Å². The van der Waals surface area contributed by atoms with Crippen LogP contribution in [0.1, 0.15) is 47.5 Å². The Hall–Kier alpha value is -0.120. The van der Waals surface area contributed by atoms with E-state index in [2.05, 4.69) is 19.2 Å². The molecule has 1 aliphatic heterocycles. The molecule has 1 aliphatic rings. The summed E-state index contributed by atoms with van der Waals surface area (Å²) in [7, 11) is 0. The molecular formula is C12H25NO2. The van der Waals surface area contributed by atoms with Gasteiger partial charge in [0.05, 0.1) is 11.2 Å². The average molecular weight is 215 g/mol. The number of aliphatic hydroxyl groups is 1. The Morgan fingerprint density at radius 3 is 2.53 bits per heavy atom. The van der Waals surface area contributed by atoms with Gasteiger partial charge in [0, 0.05) is 18.7 Å². The number of rotatable bonds is 3. The van der Waals surface area contributed by atoms with Crippen molar-refractivity contribution in [3.05, 3.63) is 0 Å². The normalized spacial score (nSPS) is 28.8. The van der Waals surface area contributed by atoms with E-state index in [1.165, 1.54) is 0 Å². The van der Waals surface area contributed by atoms with Gasteiger partial charge in [-0.15, -0.1) is 0 Å². The van der Waals surface area contributed by atoms with Crippen LogP contribution in [0.4, 0.5) is 0 Å². The second-order valence-electron chi connectivity index (χ2n) is 5.84. The van der Waals surface area contributed by atoms with Gasteiger partial charge in [0.15, 0.2) is 0 Å². The van der Waals surface area contributed by atoms with Crippen molar-refractivity contribution in [2.75, 3.05) is 6.61 Å². The third-order valence-corrected chi connectivity index (χ3v) is 3.24. The van der Waals surface area contributed by atoms with Crippen LogP contribution in [-0.4, -0.2) is 35.0 Å². The third-order valence-electron chi connectivity index (χ3n) is 3.24. The minimum Gasteiger partial charge on any atom is -0.389 e. The highest BCUT2D eigenvalue weighted by Crippen LogP contribution is 2.24. The Labute approximate surface area is 93.2 Å². The summed E-state index contributed by atoms with van der Waals surface area (Å²) >= 11 is 0. The van der Waals surface area contributed by atoms with E-state index in [-0.39, 0.29) is 11.6 Å². The van der Waals surface area contributed by atoms with E-state index in [0.717, 1.165) is 19.4 Å². The predicted octanol–water partition coefficient (Wildman–Crippen LogP) is 1.69. The lowest BCUT2D eigenvalue weighted by atomic mass is 9.91. The first kappa shape index (κ1) is 12.9. The molecule has 0 aromatic rings. The van der Waals surface area contributed by atoms with Crippen LogP contribution in [-0.2, 0) is 4.74 Å². The molecule has 2 unspecified atom stereocenters. The Kier molecular flexibility index (Phi) is 3.80. The van der Waals surface area contributed by atoms with Crippen molar-refractivity contribution in [2.45, 2.75) is 70.7 Å². The molecule has 0 radical (unpaired) electrons. The Morgan fingerprint density at radius 2 is 2.07 bits per heavy atom. The van der Waals surface area contributed by atoms with Gasteiger partial charge in [0.1, 0.15) is 0 Å². The van der Waals surface area contributed by atoms with Crippen molar-refractivity contribution in [3.8, 4) is 0 Å². The quantitative estimate of drug-likeness (QED) is 0.753. The van der Waals surface area contributed by atoms with Crippen LogP contribution in [0.15, 0.2) is 0 Å². The number of hydrogen-bond donors (Lipinski definition) is 2. The molecule has 0 aliphatic carbocycles. The molecule has 2 N–H and O–H groups in total. The molecule has 0 bridgehead atoms. The van der Waals surface area contributed by atoms with Crippen molar-refractivity contribution < 1.29 is 9.84 Å². The fraction of sp³-hybridized carbons (Fsp3) is 1.00. The van der Waals surface area contributed by atoms with E-state index in [1.54, 1.807) is 0 Å². The standard InChI is InChI=1S/C12H25NO2/c1-9(12(4,5)14)13-10-6-7-15-11(2,3)8-10/h9-10,13-14H,6-8H2,1-5H3. The molecule has 0 aromatic heterocycles. The van der Waals surface area contributed by atoms with Crippen molar-refractivity contribution in [3.63, 3.8) is 0 Å². The van der Waals surface area contributed by atoms with Crippen molar-refractivity contribution >= 4 is 0 Å². The molecule has 1 saturated heterocycles. The zero-order valence-corrected chi connectivity index (χ0v) is 10.6. The average Bonchev–Trinajstić information content (AvgIpc) is 2.00. The first-order valence-electron chi connectivity index (χ1n) is 5.83. The Morgan fingerprint density at radius 1 is 1.47 bits per heavy atom. The molecule has 1 fully saturated rings. The minimum absolute atomic E-state index is 0.0325. The Bertz CT molecular complexity index is 208. The lowest BCUT2D eigenvalue weighted by Gasteiger charge is -2.39. The fourth-order valence-electron chi connectivity index (χ4n) is 1.93. The molecule has 15 heavy (non-hydrogen) atoms. The van der Waals surface area contributed by atoms with Crippen LogP contribution in [0.3, 0.4) is 0 Å². The Balaban J connectivity index is 2.45. The van der Waals surface area contributed by atoms with Crippen LogP contribution in [0.2, 0.25) is 0 Å². The van der Waals surface area contributed by atoms with Gasteiger partial charge in [-0.1, -0.05) is 0 Å². The van der Waals surface area contributed by atoms with E-state index in [4.69, 9.17) is 4.74 Å². The maximum atomic E-state index is 9.85. The second-order valence-corrected chi connectivity index (χ2v) is 5.84. The molecule has 0 aromatic carbocycles. The molecule has 3 heteroatoms.